The van der Waals surface area contributed by atoms with Gasteiger partial charge in [0, 0.05) is 22.8 Å². The van der Waals surface area contributed by atoms with Gasteiger partial charge in [-0.3, -0.25) is 0 Å². The molecule has 0 aliphatic heterocycles. The number of halogens is 3. The van der Waals surface area contributed by atoms with E-state index in [1.165, 1.54) is 6.07 Å². The van der Waals surface area contributed by atoms with Crippen LogP contribution in [0.4, 0.5) is 13.2 Å². The van der Waals surface area contributed by atoms with Crippen molar-refractivity contribution >= 4 is 12.2 Å². The summed E-state index contributed by atoms with van der Waals surface area (Å²) in [7, 11) is 0. The molecule has 0 aliphatic rings. The summed E-state index contributed by atoms with van der Waals surface area (Å²) in [6.45, 7) is 4.36. The second-order valence-corrected chi connectivity index (χ2v) is 7.91. The first-order valence-corrected chi connectivity index (χ1v) is 11.3. The third-order valence-electron chi connectivity index (χ3n) is 5.72. The third-order valence-corrected chi connectivity index (χ3v) is 5.72. The number of hydrogen-bond donors (Lipinski definition) is 0. The van der Waals surface area contributed by atoms with Crippen LogP contribution in [0.3, 0.4) is 0 Å². The van der Waals surface area contributed by atoms with Crippen molar-refractivity contribution in [2.75, 3.05) is 6.61 Å². The summed E-state index contributed by atoms with van der Waals surface area (Å²) in [6.07, 6.45) is 4.32. The zero-order chi connectivity index (χ0) is 24.1. The number of hydrogen-bond acceptors (Lipinski definition) is 1. The van der Waals surface area contributed by atoms with E-state index in [0.29, 0.717) is 29.0 Å². The largest absolute Gasteiger partial charge is 0.494 e. The fourth-order valence-electron chi connectivity index (χ4n) is 3.77. The molecule has 172 valence electrons. The van der Waals surface area contributed by atoms with Gasteiger partial charge in [-0.2, -0.15) is 0 Å². The van der Waals surface area contributed by atoms with Crippen LogP contribution in [0, 0.1) is 17.5 Å². The Hall–Kier alpha value is -3.79. The van der Waals surface area contributed by atoms with Gasteiger partial charge in [-0.05, 0) is 47.7 Å². The molecular weight excluding hydrogens is 433 g/mol. The molecular formula is C30H25F3O. The lowest BCUT2D eigenvalue weighted by atomic mass is 9.97. The van der Waals surface area contributed by atoms with E-state index in [4.69, 9.17) is 4.74 Å². The Bertz CT molecular complexity index is 1310. The highest BCUT2D eigenvalue weighted by atomic mass is 19.2. The van der Waals surface area contributed by atoms with Crippen LogP contribution in [-0.2, 0) is 6.42 Å². The van der Waals surface area contributed by atoms with Gasteiger partial charge in [0.15, 0.2) is 11.6 Å². The standard InChI is InChI=1S/C30H25F3O/c1-3-20-5-10-22(11-6-20)26-17-18-27(30(33)29(26)32)23-12-7-21(8-13-23)9-14-24-15-16-25(34-4-2)19-28(24)31/h5-19H,3-4H2,1-2H3/b14-9+. The van der Waals surface area contributed by atoms with Crippen molar-refractivity contribution in [2.45, 2.75) is 20.3 Å². The molecule has 0 aromatic heterocycles. The number of rotatable bonds is 7. The monoisotopic (exact) mass is 458 g/mol. The van der Waals surface area contributed by atoms with Gasteiger partial charge in [-0.25, -0.2) is 13.2 Å². The highest BCUT2D eigenvalue weighted by molar-refractivity contribution is 5.75. The fourth-order valence-corrected chi connectivity index (χ4v) is 3.77. The average molecular weight is 459 g/mol. The van der Waals surface area contributed by atoms with Crippen molar-refractivity contribution < 1.29 is 17.9 Å². The lowest BCUT2D eigenvalue weighted by molar-refractivity contribution is 0.338. The minimum absolute atomic E-state index is 0.194. The molecule has 0 spiro atoms. The smallest absolute Gasteiger partial charge is 0.167 e. The molecule has 0 atom stereocenters. The van der Waals surface area contributed by atoms with Gasteiger partial charge in [0.25, 0.3) is 0 Å². The van der Waals surface area contributed by atoms with E-state index >= 15 is 0 Å². The molecule has 4 rings (SSSR count). The molecule has 1 nitrogen and oxygen atoms in total. The predicted octanol–water partition coefficient (Wildman–Crippen LogP) is 8.57. The zero-order valence-corrected chi connectivity index (χ0v) is 19.1. The van der Waals surface area contributed by atoms with Crippen molar-refractivity contribution in [1.29, 1.82) is 0 Å². The average Bonchev–Trinajstić information content (AvgIpc) is 2.86. The van der Waals surface area contributed by atoms with Gasteiger partial charge in [0.2, 0.25) is 0 Å². The van der Waals surface area contributed by atoms with Crippen molar-refractivity contribution in [3.63, 3.8) is 0 Å². The molecule has 0 heterocycles. The first-order valence-electron chi connectivity index (χ1n) is 11.3. The molecule has 4 aromatic rings. The third kappa shape index (κ3) is 5.07. The van der Waals surface area contributed by atoms with E-state index in [0.717, 1.165) is 17.5 Å². The molecule has 0 fully saturated rings. The van der Waals surface area contributed by atoms with E-state index in [1.54, 1.807) is 60.7 Å². The van der Waals surface area contributed by atoms with Crippen LogP contribution in [0.15, 0.2) is 78.9 Å². The highest BCUT2D eigenvalue weighted by Crippen LogP contribution is 2.32. The second kappa shape index (κ2) is 10.4. The molecule has 0 N–H and O–H groups in total. The topological polar surface area (TPSA) is 9.23 Å². The summed E-state index contributed by atoms with van der Waals surface area (Å²) in [6, 6.07) is 22.4. The van der Waals surface area contributed by atoms with Crippen LogP contribution < -0.4 is 4.74 Å². The van der Waals surface area contributed by atoms with Crippen molar-refractivity contribution in [3.05, 3.63) is 113 Å². The Balaban J connectivity index is 1.54. The Labute approximate surface area is 198 Å². The predicted molar refractivity (Wildman–Crippen MR) is 133 cm³/mol. The quantitative estimate of drug-likeness (QED) is 0.252. The molecule has 0 unspecified atom stereocenters. The van der Waals surface area contributed by atoms with Gasteiger partial charge >= 0.3 is 0 Å². The number of ether oxygens (including phenoxy) is 1. The fraction of sp³-hybridized carbons (Fsp3) is 0.133. The molecule has 4 heteroatoms. The van der Waals surface area contributed by atoms with Crippen LogP contribution in [0.5, 0.6) is 5.75 Å². The van der Waals surface area contributed by atoms with Crippen LogP contribution >= 0.6 is 0 Å². The number of aryl methyl sites for hydroxylation is 1. The second-order valence-electron chi connectivity index (χ2n) is 7.91. The van der Waals surface area contributed by atoms with Crippen molar-refractivity contribution in [1.82, 2.24) is 0 Å². The normalized spacial score (nSPS) is 11.2. The van der Waals surface area contributed by atoms with Gasteiger partial charge < -0.3 is 4.74 Å². The van der Waals surface area contributed by atoms with E-state index in [9.17, 15) is 13.2 Å². The lowest BCUT2D eigenvalue weighted by Gasteiger charge is -2.10. The summed E-state index contributed by atoms with van der Waals surface area (Å²) < 4.78 is 49.4. The van der Waals surface area contributed by atoms with E-state index in [1.807, 2.05) is 38.1 Å². The maximum absolute atomic E-state index is 14.9. The summed E-state index contributed by atoms with van der Waals surface area (Å²) in [5.41, 5.74) is 4.02. The van der Waals surface area contributed by atoms with E-state index < -0.39 is 11.6 Å². The molecule has 4 aromatic carbocycles. The van der Waals surface area contributed by atoms with Crippen LogP contribution in [0.25, 0.3) is 34.4 Å². The Morgan fingerprint density at radius 2 is 1.26 bits per heavy atom. The maximum atomic E-state index is 14.9. The van der Waals surface area contributed by atoms with Crippen LogP contribution in [0.2, 0.25) is 0 Å². The first kappa shape index (κ1) is 23.4. The lowest BCUT2D eigenvalue weighted by Crippen LogP contribution is -1.94. The van der Waals surface area contributed by atoms with Gasteiger partial charge in [-0.15, -0.1) is 0 Å². The van der Waals surface area contributed by atoms with Crippen LogP contribution in [-0.4, -0.2) is 6.61 Å². The van der Waals surface area contributed by atoms with Gasteiger partial charge in [-0.1, -0.05) is 79.7 Å². The molecule has 0 aliphatic carbocycles. The Morgan fingerprint density at radius 1 is 0.676 bits per heavy atom. The minimum atomic E-state index is -0.878. The SMILES string of the molecule is CCOc1ccc(/C=C/c2ccc(-c3ccc(-c4ccc(CC)cc4)c(F)c3F)cc2)c(F)c1. The molecule has 0 bridgehead atoms. The highest BCUT2D eigenvalue weighted by Gasteiger charge is 2.16. The van der Waals surface area contributed by atoms with E-state index in [-0.39, 0.29) is 16.9 Å². The minimum Gasteiger partial charge on any atom is -0.494 e. The van der Waals surface area contributed by atoms with Crippen molar-refractivity contribution in [2.24, 2.45) is 0 Å². The molecule has 0 saturated carbocycles. The number of benzene rings is 4. The Kier molecular flexibility index (Phi) is 7.17. The summed E-state index contributed by atoms with van der Waals surface area (Å²) in [5.74, 6) is -1.63. The summed E-state index contributed by atoms with van der Waals surface area (Å²) in [4.78, 5) is 0. The zero-order valence-electron chi connectivity index (χ0n) is 19.1. The first-order chi connectivity index (χ1) is 16.5. The maximum Gasteiger partial charge on any atom is 0.167 e. The van der Waals surface area contributed by atoms with Gasteiger partial charge in [0.1, 0.15) is 11.6 Å². The molecule has 0 amide bonds. The summed E-state index contributed by atoms with van der Waals surface area (Å²) >= 11 is 0. The molecule has 0 radical (unpaired) electrons. The van der Waals surface area contributed by atoms with Crippen molar-refractivity contribution in [3.8, 4) is 28.0 Å². The van der Waals surface area contributed by atoms with E-state index in [2.05, 4.69) is 0 Å². The molecule has 34 heavy (non-hydrogen) atoms. The van der Waals surface area contributed by atoms with Gasteiger partial charge in [0.05, 0.1) is 6.61 Å². The Morgan fingerprint density at radius 3 is 1.79 bits per heavy atom. The van der Waals surface area contributed by atoms with Crippen LogP contribution in [0.1, 0.15) is 30.5 Å². The summed E-state index contributed by atoms with van der Waals surface area (Å²) in [5, 5.41) is 0. The molecule has 0 saturated heterocycles.